The molecule has 0 saturated carbocycles. The zero-order valence-corrected chi connectivity index (χ0v) is 16.1. The quantitative estimate of drug-likeness (QED) is 0.544. The average molecular weight is 354 g/mol. The van der Waals surface area contributed by atoms with Crippen LogP contribution in [0.25, 0.3) is 0 Å². The minimum atomic E-state index is -0.529. The number of nitrogens with zero attached hydrogens (tertiary/aromatic N) is 1. The summed E-state index contributed by atoms with van der Waals surface area (Å²) in [6.45, 7) is 10.9. The van der Waals surface area contributed by atoms with Crippen LogP contribution in [0.5, 0.6) is 0 Å². The van der Waals surface area contributed by atoms with Gasteiger partial charge in [-0.1, -0.05) is 70.2 Å². The zero-order chi connectivity index (χ0) is 19.1. The van der Waals surface area contributed by atoms with Gasteiger partial charge in [0.15, 0.2) is 0 Å². The molecule has 4 heteroatoms. The van der Waals surface area contributed by atoms with Gasteiger partial charge in [0.05, 0.1) is 5.92 Å². The molecule has 1 atom stereocenters. The van der Waals surface area contributed by atoms with Crippen LogP contribution in [0.2, 0.25) is 0 Å². The predicted octanol–water partition coefficient (Wildman–Crippen LogP) is 4.44. The molecule has 2 rings (SSSR count). The number of rotatable bonds is 8. The SMILES string of the molecule is CC(C)CN(CC(C)C)c1ccc(C(C(=O)NO)c2ccccc2)cc1. The molecule has 0 radical (unpaired) electrons. The van der Waals surface area contributed by atoms with E-state index in [1.807, 2.05) is 42.5 Å². The maximum Gasteiger partial charge on any atom is 0.255 e. The number of nitrogens with one attached hydrogen (secondary N) is 1. The lowest BCUT2D eigenvalue weighted by atomic mass is 9.90. The van der Waals surface area contributed by atoms with Crippen LogP contribution in [-0.2, 0) is 4.79 Å². The van der Waals surface area contributed by atoms with Crippen LogP contribution in [-0.4, -0.2) is 24.2 Å². The Kier molecular flexibility index (Phi) is 7.22. The van der Waals surface area contributed by atoms with Crippen molar-refractivity contribution in [2.24, 2.45) is 11.8 Å². The van der Waals surface area contributed by atoms with Gasteiger partial charge in [0.25, 0.3) is 5.91 Å². The molecule has 2 aromatic carbocycles. The molecule has 0 saturated heterocycles. The van der Waals surface area contributed by atoms with Gasteiger partial charge < -0.3 is 4.90 Å². The summed E-state index contributed by atoms with van der Waals surface area (Å²) in [5, 5.41) is 9.16. The summed E-state index contributed by atoms with van der Waals surface area (Å²) in [5.41, 5.74) is 4.68. The first-order chi connectivity index (χ1) is 12.4. The Morgan fingerprint density at radius 2 is 1.38 bits per heavy atom. The fraction of sp³-hybridized carbons (Fsp3) is 0.409. The summed E-state index contributed by atoms with van der Waals surface area (Å²) in [4.78, 5) is 14.6. The summed E-state index contributed by atoms with van der Waals surface area (Å²) in [6, 6.07) is 17.6. The van der Waals surface area contributed by atoms with Crippen molar-refractivity contribution in [2.75, 3.05) is 18.0 Å². The maximum atomic E-state index is 12.3. The molecule has 2 aromatic rings. The molecular weight excluding hydrogens is 324 g/mol. The van der Waals surface area contributed by atoms with E-state index in [1.165, 1.54) is 0 Å². The number of anilines is 1. The van der Waals surface area contributed by atoms with Crippen molar-refractivity contribution in [3.8, 4) is 0 Å². The molecule has 0 heterocycles. The van der Waals surface area contributed by atoms with E-state index in [0.29, 0.717) is 11.8 Å². The van der Waals surface area contributed by atoms with Gasteiger partial charge in [-0.15, -0.1) is 0 Å². The lowest BCUT2D eigenvalue weighted by molar-refractivity contribution is -0.129. The summed E-state index contributed by atoms with van der Waals surface area (Å²) in [5.74, 6) is 0.195. The summed E-state index contributed by atoms with van der Waals surface area (Å²) >= 11 is 0. The molecule has 0 fully saturated rings. The van der Waals surface area contributed by atoms with E-state index in [2.05, 4.69) is 44.7 Å². The van der Waals surface area contributed by atoms with Crippen molar-refractivity contribution in [3.05, 3.63) is 65.7 Å². The number of carbonyl (C=O) groups is 1. The Hall–Kier alpha value is -2.33. The lowest BCUT2D eigenvalue weighted by Gasteiger charge is -2.29. The first-order valence-corrected chi connectivity index (χ1v) is 9.26. The fourth-order valence-corrected chi connectivity index (χ4v) is 3.25. The number of carbonyl (C=O) groups excluding carboxylic acids is 1. The highest BCUT2D eigenvalue weighted by molar-refractivity contribution is 5.86. The number of hydroxylamine groups is 1. The molecule has 2 N–H and O–H groups in total. The molecule has 1 unspecified atom stereocenters. The smallest absolute Gasteiger partial charge is 0.255 e. The van der Waals surface area contributed by atoms with Crippen LogP contribution in [0.15, 0.2) is 54.6 Å². The Bertz CT molecular complexity index is 671. The highest BCUT2D eigenvalue weighted by Crippen LogP contribution is 2.27. The minimum Gasteiger partial charge on any atom is -0.371 e. The first-order valence-electron chi connectivity index (χ1n) is 9.26. The third-order valence-electron chi connectivity index (χ3n) is 4.27. The van der Waals surface area contributed by atoms with E-state index in [4.69, 9.17) is 5.21 Å². The number of amides is 1. The van der Waals surface area contributed by atoms with Gasteiger partial charge in [0, 0.05) is 18.8 Å². The highest BCUT2D eigenvalue weighted by Gasteiger charge is 2.22. The second kappa shape index (κ2) is 9.39. The summed E-state index contributed by atoms with van der Waals surface area (Å²) in [7, 11) is 0. The second-order valence-corrected chi connectivity index (χ2v) is 7.60. The van der Waals surface area contributed by atoms with Crippen molar-refractivity contribution in [3.63, 3.8) is 0 Å². The Balaban J connectivity index is 2.31. The van der Waals surface area contributed by atoms with Gasteiger partial charge in [-0.3, -0.25) is 10.0 Å². The van der Waals surface area contributed by atoms with E-state index in [0.717, 1.165) is 29.9 Å². The Morgan fingerprint density at radius 3 is 1.85 bits per heavy atom. The normalized spacial score (nSPS) is 12.3. The molecule has 0 spiro atoms. The molecule has 1 amide bonds. The molecule has 140 valence electrons. The van der Waals surface area contributed by atoms with E-state index in [9.17, 15) is 4.79 Å². The topological polar surface area (TPSA) is 52.6 Å². The van der Waals surface area contributed by atoms with Crippen molar-refractivity contribution in [2.45, 2.75) is 33.6 Å². The first kappa shape index (κ1) is 20.0. The van der Waals surface area contributed by atoms with Gasteiger partial charge in [-0.05, 0) is 35.1 Å². The van der Waals surface area contributed by atoms with Gasteiger partial charge in [-0.2, -0.15) is 0 Å². The van der Waals surface area contributed by atoms with Crippen LogP contribution >= 0.6 is 0 Å². The van der Waals surface area contributed by atoms with Crippen LogP contribution in [0.3, 0.4) is 0 Å². The van der Waals surface area contributed by atoms with Crippen molar-refractivity contribution < 1.29 is 10.0 Å². The molecule has 0 aliphatic heterocycles. The molecule has 26 heavy (non-hydrogen) atoms. The fourth-order valence-electron chi connectivity index (χ4n) is 3.25. The molecule has 0 aliphatic carbocycles. The van der Waals surface area contributed by atoms with Gasteiger partial charge in [0.2, 0.25) is 0 Å². The van der Waals surface area contributed by atoms with Crippen LogP contribution in [0.4, 0.5) is 5.69 Å². The number of hydrogen-bond donors (Lipinski definition) is 2. The molecule has 4 nitrogen and oxygen atoms in total. The van der Waals surface area contributed by atoms with Crippen LogP contribution in [0.1, 0.15) is 44.7 Å². The molecule has 0 bridgehead atoms. The molecule has 0 aromatic heterocycles. The molecular formula is C22H30N2O2. The van der Waals surface area contributed by atoms with Crippen LogP contribution < -0.4 is 10.4 Å². The summed E-state index contributed by atoms with van der Waals surface area (Å²) < 4.78 is 0. The lowest BCUT2D eigenvalue weighted by Crippen LogP contribution is -2.31. The zero-order valence-electron chi connectivity index (χ0n) is 16.1. The van der Waals surface area contributed by atoms with E-state index in [-0.39, 0.29) is 0 Å². The Labute approximate surface area is 156 Å². The Morgan fingerprint density at radius 1 is 0.885 bits per heavy atom. The highest BCUT2D eigenvalue weighted by atomic mass is 16.5. The van der Waals surface area contributed by atoms with Crippen molar-refractivity contribution in [1.82, 2.24) is 5.48 Å². The van der Waals surface area contributed by atoms with E-state index < -0.39 is 11.8 Å². The number of hydrogen-bond acceptors (Lipinski definition) is 3. The second-order valence-electron chi connectivity index (χ2n) is 7.60. The average Bonchev–Trinajstić information content (AvgIpc) is 2.62. The van der Waals surface area contributed by atoms with E-state index in [1.54, 1.807) is 5.48 Å². The van der Waals surface area contributed by atoms with Crippen molar-refractivity contribution in [1.29, 1.82) is 0 Å². The maximum absolute atomic E-state index is 12.3. The summed E-state index contributed by atoms with van der Waals surface area (Å²) in [6.07, 6.45) is 0. The number of benzene rings is 2. The third kappa shape index (κ3) is 5.33. The van der Waals surface area contributed by atoms with Crippen molar-refractivity contribution >= 4 is 11.6 Å². The van der Waals surface area contributed by atoms with E-state index >= 15 is 0 Å². The monoisotopic (exact) mass is 354 g/mol. The largest absolute Gasteiger partial charge is 0.371 e. The molecule has 0 aliphatic rings. The van der Waals surface area contributed by atoms with Gasteiger partial charge >= 0.3 is 0 Å². The minimum absolute atomic E-state index is 0.426. The van der Waals surface area contributed by atoms with Gasteiger partial charge in [-0.25, -0.2) is 5.48 Å². The van der Waals surface area contributed by atoms with Gasteiger partial charge in [0.1, 0.15) is 0 Å². The predicted molar refractivity (Wildman–Crippen MR) is 107 cm³/mol. The van der Waals surface area contributed by atoms with Crippen LogP contribution in [0, 0.1) is 11.8 Å². The standard InChI is InChI=1S/C22H30N2O2/c1-16(2)14-24(15-17(3)4)20-12-10-19(11-13-20)21(22(25)23-26)18-8-6-5-7-9-18/h5-13,16-17,21,26H,14-15H2,1-4H3,(H,23,25). The third-order valence-corrected chi connectivity index (χ3v) is 4.27.